The Bertz CT molecular complexity index is 881. The number of carboxylic acid groups (broad SMARTS) is 1. The summed E-state index contributed by atoms with van der Waals surface area (Å²) in [6.07, 6.45) is 4.81. The van der Waals surface area contributed by atoms with Crippen LogP contribution in [0.4, 0.5) is 5.13 Å². The second-order valence-corrected chi connectivity index (χ2v) is 8.42. The number of hydrogen-bond acceptors (Lipinski definition) is 4. The van der Waals surface area contributed by atoms with E-state index in [2.05, 4.69) is 58.8 Å². The molecule has 4 rings (SSSR count). The molecule has 1 saturated carbocycles. The Balaban J connectivity index is 1.67. The summed E-state index contributed by atoms with van der Waals surface area (Å²) in [4.78, 5) is 18.5. The van der Waals surface area contributed by atoms with Crippen LogP contribution < -0.4 is 4.90 Å². The molecule has 150 valence electrons. The van der Waals surface area contributed by atoms with Gasteiger partial charge in [-0.1, -0.05) is 73.5 Å². The summed E-state index contributed by atoms with van der Waals surface area (Å²) >= 11 is 1.64. The molecule has 0 atom stereocenters. The van der Waals surface area contributed by atoms with Gasteiger partial charge in [-0.2, -0.15) is 0 Å². The summed E-state index contributed by atoms with van der Waals surface area (Å²) < 4.78 is 0. The van der Waals surface area contributed by atoms with Crippen LogP contribution in [-0.4, -0.2) is 28.6 Å². The van der Waals surface area contributed by atoms with E-state index in [-0.39, 0.29) is 12.3 Å². The molecule has 1 N–H and O–H groups in total. The summed E-state index contributed by atoms with van der Waals surface area (Å²) in [6, 6.07) is 21.3. The van der Waals surface area contributed by atoms with Crippen LogP contribution in [0.15, 0.2) is 66.0 Å². The molecule has 0 aliphatic heterocycles. The predicted octanol–water partition coefficient (Wildman–Crippen LogP) is 5.55. The van der Waals surface area contributed by atoms with E-state index in [0.29, 0.717) is 12.6 Å². The molecule has 1 aliphatic rings. The number of aromatic nitrogens is 1. The predicted molar refractivity (Wildman–Crippen MR) is 118 cm³/mol. The first-order valence-corrected chi connectivity index (χ1v) is 11.1. The lowest BCUT2D eigenvalue weighted by Gasteiger charge is -2.28. The van der Waals surface area contributed by atoms with Gasteiger partial charge in [0.1, 0.15) is 0 Å². The number of carboxylic acids is 1. The van der Waals surface area contributed by atoms with Gasteiger partial charge >= 0.3 is 5.97 Å². The lowest BCUT2D eigenvalue weighted by molar-refractivity contribution is -0.136. The van der Waals surface area contributed by atoms with Gasteiger partial charge in [0.15, 0.2) is 5.13 Å². The van der Waals surface area contributed by atoms with Crippen LogP contribution in [0.3, 0.4) is 0 Å². The molecule has 1 aromatic heterocycles. The maximum Gasteiger partial charge on any atom is 0.305 e. The van der Waals surface area contributed by atoms with Gasteiger partial charge in [-0.3, -0.25) is 4.79 Å². The molecule has 0 unspecified atom stereocenters. The van der Waals surface area contributed by atoms with Crippen LogP contribution in [0.1, 0.15) is 54.8 Å². The maximum atomic E-state index is 11.2. The van der Waals surface area contributed by atoms with Gasteiger partial charge in [-0.25, -0.2) is 4.98 Å². The number of aliphatic carboxylic acids is 1. The van der Waals surface area contributed by atoms with E-state index in [9.17, 15) is 9.90 Å². The Kier molecular flexibility index (Phi) is 6.25. The van der Waals surface area contributed by atoms with Gasteiger partial charge in [0.05, 0.1) is 18.0 Å². The molecule has 1 fully saturated rings. The fraction of sp³-hybridized carbons (Fsp3) is 0.333. The monoisotopic (exact) mass is 406 g/mol. The van der Waals surface area contributed by atoms with E-state index in [0.717, 1.165) is 23.7 Å². The van der Waals surface area contributed by atoms with E-state index in [1.54, 1.807) is 11.3 Å². The van der Waals surface area contributed by atoms with Crippen molar-refractivity contribution in [2.24, 2.45) is 0 Å². The molecule has 0 saturated heterocycles. The molecule has 5 heteroatoms. The maximum absolute atomic E-state index is 11.2. The zero-order chi connectivity index (χ0) is 20.1. The van der Waals surface area contributed by atoms with Crippen molar-refractivity contribution in [1.29, 1.82) is 0 Å². The Morgan fingerprint density at radius 3 is 2.17 bits per heavy atom. The van der Waals surface area contributed by atoms with Crippen LogP contribution in [-0.2, 0) is 4.79 Å². The average Bonchev–Trinajstić information content (AvgIpc) is 3.43. The minimum absolute atomic E-state index is 0.0762. The lowest BCUT2D eigenvalue weighted by Crippen LogP contribution is -2.35. The third-order valence-corrected chi connectivity index (χ3v) is 6.55. The summed E-state index contributed by atoms with van der Waals surface area (Å²) in [6.45, 7) is 0.522. The van der Waals surface area contributed by atoms with Crippen LogP contribution in [0.25, 0.3) is 0 Å². The lowest BCUT2D eigenvalue weighted by atomic mass is 9.89. The largest absolute Gasteiger partial charge is 0.481 e. The molecule has 1 aliphatic carbocycles. The van der Waals surface area contributed by atoms with Gasteiger partial charge < -0.3 is 10.0 Å². The highest BCUT2D eigenvalue weighted by Crippen LogP contribution is 2.36. The Hall–Kier alpha value is -2.66. The van der Waals surface area contributed by atoms with Crippen LogP contribution in [0.5, 0.6) is 0 Å². The van der Waals surface area contributed by atoms with Crippen molar-refractivity contribution in [2.45, 2.75) is 44.1 Å². The quantitative estimate of drug-likeness (QED) is 0.533. The molecule has 0 bridgehead atoms. The number of carbonyl (C=O) groups is 1. The molecule has 1 heterocycles. The van der Waals surface area contributed by atoms with Crippen molar-refractivity contribution in [1.82, 2.24) is 4.98 Å². The zero-order valence-electron chi connectivity index (χ0n) is 16.4. The number of rotatable bonds is 8. The first-order chi connectivity index (χ1) is 14.2. The number of anilines is 1. The second kappa shape index (κ2) is 9.23. The standard InChI is InChI=1S/C24H26N2O2S/c27-22(28)15-16-26(20-13-7-8-14-20)24-25-21(17-29-24)23(18-9-3-1-4-10-18)19-11-5-2-6-12-19/h1-6,9-12,17,20,23H,7-8,13-16H2,(H,27,28). The highest BCUT2D eigenvalue weighted by atomic mass is 32.1. The molecule has 2 aromatic carbocycles. The first-order valence-electron chi connectivity index (χ1n) is 10.3. The normalized spacial score (nSPS) is 14.4. The van der Waals surface area contributed by atoms with E-state index in [4.69, 9.17) is 4.98 Å². The highest BCUT2D eigenvalue weighted by molar-refractivity contribution is 7.13. The van der Waals surface area contributed by atoms with Crippen LogP contribution in [0.2, 0.25) is 0 Å². The van der Waals surface area contributed by atoms with E-state index in [1.807, 2.05) is 12.1 Å². The van der Waals surface area contributed by atoms with Crippen molar-refractivity contribution in [3.63, 3.8) is 0 Å². The third-order valence-electron chi connectivity index (χ3n) is 5.65. The van der Waals surface area contributed by atoms with Crippen LogP contribution >= 0.6 is 11.3 Å². The fourth-order valence-corrected chi connectivity index (χ4v) is 5.18. The van der Waals surface area contributed by atoms with Crippen LogP contribution in [0, 0.1) is 0 Å². The minimum atomic E-state index is -0.753. The number of hydrogen-bond donors (Lipinski definition) is 1. The van der Waals surface area contributed by atoms with Crippen molar-refractivity contribution in [3.05, 3.63) is 82.9 Å². The molecule has 0 spiro atoms. The molecule has 29 heavy (non-hydrogen) atoms. The zero-order valence-corrected chi connectivity index (χ0v) is 17.2. The van der Waals surface area contributed by atoms with Gasteiger partial charge in [0, 0.05) is 18.0 Å². The summed E-state index contributed by atoms with van der Waals surface area (Å²) in [7, 11) is 0. The third kappa shape index (κ3) is 4.67. The van der Waals surface area contributed by atoms with Crippen molar-refractivity contribution in [3.8, 4) is 0 Å². The Labute approximate surface area is 175 Å². The molecular formula is C24H26N2O2S. The molecule has 4 nitrogen and oxygen atoms in total. The number of nitrogens with zero attached hydrogens (tertiary/aromatic N) is 2. The average molecular weight is 407 g/mol. The fourth-order valence-electron chi connectivity index (χ4n) is 4.23. The Morgan fingerprint density at radius 2 is 1.62 bits per heavy atom. The summed E-state index contributed by atoms with van der Waals surface area (Å²) in [5.41, 5.74) is 3.46. The summed E-state index contributed by atoms with van der Waals surface area (Å²) in [5.74, 6) is -0.677. The van der Waals surface area contributed by atoms with E-state index < -0.39 is 5.97 Å². The van der Waals surface area contributed by atoms with Gasteiger partial charge in [-0.15, -0.1) is 11.3 Å². The number of benzene rings is 2. The second-order valence-electron chi connectivity index (χ2n) is 7.58. The minimum Gasteiger partial charge on any atom is -0.481 e. The molecular weight excluding hydrogens is 380 g/mol. The van der Waals surface area contributed by atoms with E-state index >= 15 is 0 Å². The molecule has 0 radical (unpaired) electrons. The number of thiazole rings is 1. The van der Waals surface area contributed by atoms with Crippen molar-refractivity contribution in [2.75, 3.05) is 11.4 Å². The van der Waals surface area contributed by atoms with Crippen molar-refractivity contribution < 1.29 is 9.90 Å². The smallest absolute Gasteiger partial charge is 0.305 e. The SMILES string of the molecule is O=C(O)CCN(c1nc(C(c2ccccc2)c2ccccc2)cs1)C1CCCC1. The molecule has 3 aromatic rings. The van der Waals surface area contributed by atoms with Gasteiger partial charge in [0.2, 0.25) is 0 Å². The van der Waals surface area contributed by atoms with Crippen molar-refractivity contribution >= 4 is 22.4 Å². The summed E-state index contributed by atoms with van der Waals surface area (Å²) in [5, 5.41) is 12.3. The van der Waals surface area contributed by atoms with Gasteiger partial charge in [0.25, 0.3) is 0 Å². The van der Waals surface area contributed by atoms with E-state index in [1.165, 1.54) is 24.0 Å². The highest BCUT2D eigenvalue weighted by Gasteiger charge is 2.27. The van der Waals surface area contributed by atoms with Gasteiger partial charge in [-0.05, 0) is 24.0 Å². The Morgan fingerprint density at radius 1 is 1.03 bits per heavy atom. The first kappa shape index (κ1) is 19.6. The topological polar surface area (TPSA) is 53.4 Å². The molecule has 0 amide bonds.